The second-order valence-electron chi connectivity index (χ2n) is 14.2. The van der Waals surface area contributed by atoms with Crippen LogP contribution in [0.5, 0.6) is 0 Å². The molecule has 10 aromatic rings. The summed E-state index contributed by atoms with van der Waals surface area (Å²) >= 11 is 0. The molecule has 1 aliphatic rings. The standard InChI is InChI=1S/C51H34N4O/c1-4-14-33(15-5-1)36-20-12-21-38(30-36)50-52-49(35-18-8-3-9-19-35)53-51(54-50)39-27-29-42-47(32-39)56-46-25-13-24-44(48(42)46)55-43-23-11-10-22-40(43)41-28-26-37(31-45(41)55)34-16-6-2-7-17-34/h1-32,50H,(H,52,53,54). The summed E-state index contributed by atoms with van der Waals surface area (Å²) in [5.74, 6) is 1.43. The van der Waals surface area contributed by atoms with Crippen LogP contribution in [0.2, 0.25) is 0 Å². The van der Waals surface area contributed by atoms with Crippen LogP contribution in [0.15, 0.2) is 209 Å². The maximum Gasteiger partial charge on any atom is 0.159 e. The third kappa shape index (κ3) is 5.40. The van der Waals surface area contributed by atoms with Gasteiger partial charge < -0.3 is 14.3 Å². The van der Waals surface area contributed by atoms with Gasteiger partial charge in [0.2, 0.25) is 0 Å². The zero-order chi connectivity index (χ0) is 37.0. The van der Waals surface area contributed by atoms with E-state index in [1.807, 2.05) is 24.3 Å². The molecule has 0 radical (unpaired) electrons. The van der Waals surface area contributed by atoms with Crippen LogP contribution in [0.1, 0.15) is 22.9 Å². The van der Waals surface area contributed by atoms with Gasteiger partial charge in [-0.1, -0.05) is 152 Å². The number of amidine groups is 2. The van der Waals surface area contributed by atoms with Gasteiger partial charge in [0.05, 0.1) is 22.1 Å². The fraction of sp³-hybridized carbons (Fsp3) is 0.0196. The predicted molar refractivity (Wildman–Crippen MR) is 231 cm³/mol. The van der Waals surface area contributed by atoms with E-state index >= 15 is 0 Å². The molecule has 264 valence electrons. The van der Waals surface area contributed by atoms with Crippen LogP contribution in [0, 0.1) is 0 Å². The fourth-order valence-electron chi connectivity index (χ4n) is 8.18. The van der Waals surface area contributed by atoms with Crippen LogP contribution in [0.3, 0.4) is 0 Å². The van der Waals surface area contributed by atoms with E-state index in [1.54, 1.807) is 0 Å². The average molecular weight is 719 g/mol. The summed E-state index contributed by atoms with van der Waals surface area (Å²) in [6, 6.07) is 68.0. The Hall–Kier alpha value is -7.50. The van der Waals surface area contributed by atoms with Gasteiger partial charge in [0.25, 0.3) is 0 Å². The third-order valence-corrected chi connectivity index (χ3v) is 10.9. The van der Waals surface area contributed by atoms with Crippen LogP contribution >= 0.6 is 0 Å². The second kappa shape index (κ2) is 13.1. The molecule has 0 aliphatic carbocycles. The number of para-hydroxylation sites is 1. The first-order chi connectivity index (χ1) is 27.7. The fourth-order valence-corrected chi connectivity index (χ4v) is 8.18. The lowest BCUT2D eigenvalue weighted by Gasteiger charge is -2.24. The quantitative estimate of drug-likeness (QED) is 0.186. The van der Waals surface area contributed by atoms with E-state index < -0.39 is 0 Å². The minimum Gasteiger partial charge on any atom is -0.456 e. The Morgan fingerprint density at radius 3 is 1.86 bits per heavy atom. The van der Waals surface area contributed by atoms with Crippen LogP contribution in [0.25, 0.3) is 71.7 Å². The Kier molecular flexibility index (Phi) is 7.49. The van der Waals surface area contributed by atoms with Gasteiger partial charge in [0, 0.05) is 27.3 Å². The molecule has 0 bridgehead atoms. The molecule has 0 amide bonds. The van der Waals surface area contributed by atoms with Gasteiger partial charge in [0.1, 0.15) is 23.2 Å². The highest BCUT2D eigenvalue weighted by Gasteiger charge is 2.23. The summed E-state index contributed by atoms with van der Waals surface area (Å²) < 4.78 is 9.10. The van der Waals surface area contributed by atoms with Crippen molar-refractivity contribution in [3.8, 4) is 27.9 Å². The Morgan fingerprint density at radius 2 is 1.07 bits per heavy atom. The van der Waals surface area contributed by atoms with Gasteiger partial charge in [-0.25, -0.2) is 9.98 Å². The molecule has 2 aromatic heterocycles. The first-order valence-corrected chi connectivity index (χ1v) is 18.9. The highest BCUT2D eigenvalue weighted by molar-refractivity contribution is 6.17. The normalized spacial score (nSPS) is 14.2. The van der Waals surface area contributed by atoms with Crippen molar-refractivity contribution in [3.63, 3.8) is 0 Å². The molecule has 11 rings (SSSR count). The highest BCUT2D eigenvalue weighted by atomic mass is 16.3. The minimum absolute atomic E-state index is 0.338. The topological polar surface area (TPSA) is 54.8 Å². The summed E-state index contributed by atoms with van der Waals surface area (Å²) in [6.07, 6.45) is -0.338. The maximum absolute atomic E-state index is 6.70. The predicted octanol–water partition coefficient (Wildman–Crippen LogP) is 12.5. The average Bonchev–Trinajstić information content (AvgIpc) is 3.82. The number of aliphatic imine (C=N–C) groups is 2. The number of furan rings is 1. The van der Waals surface area contributed by atoms with Gasteiger partial charge in [-0.05, 0) is 70.3 Å². The van der Waals surface area contributed by atoms with Gasteiger partial charge in [-0.2, -0.15) is 0 Å². The second-order valence-corrected chi connectivity index (χ2v) is 14.2. The summed E-state index contributed by atoms with van der Waals surface area (Å²) in [7, 11) is 0. The Labute approximate surface area is 323 Å². The molecule has 0 saturated heterocycles. The van der Waals surface area contributed by atoms with Crippen LogP contribution in [0.4, 0.5) is 0 Å². The summed E-state index contributed by atoms with van der Waals surface area (Å²) in [5.41, 5.74) is 12.6. The number of nitrogens with one attached hydrogen (secondary N) is 1. The largest absolute Gasteiger partial charge is 0.456 e. The first-order valence-electron chi connectivity index (χ1n) is 18.9. The number of nitrogens with zero attached hydrogens (tertiary/aromatic N) is 3. The van der Waals surface area contributed by atoms with Crippen molar-refractivity contribution < 1.29 is 4.42 Å². The van der Waals surface area contributed by atoms with Crippen molar-refractivity contribution >= 4 is 55.4 Å². The van der Waals surface area contributed by atoms with Gasteiger partial charge in [-0.15, -0.1) is 0 Å². The molecule has 3 heterocycles. The molecule has 1 aliphatic heterocycles. The van der Waals surface area contributed by atoms with Gasteiger partial charge >= 0.3 is 0 Å². The molecule has 0 fully saturated rings. The van der Waals surface area contributed by atoms with E-state index in [0.717, 1.165) is 66.7 Å². The van der Waals surface area contributed by atoms with Crippen molar-refractivity contribution in [1.29, 1.82) is 0 Å². The maximum atomic E-state index is 6.70. The van der Waals surface area contributed by atoms with E-state index in [9.17, 15) is 0 Å². The van der Waals surface area contributed by atoms with Crippen LogP contribution in [-0.4, -0.2) is 16.2 Å². The minimum atomic E-state index is -0.338. The Balaban J connectivity index is 1.04. The lowest BCUT2D eigenvalue weighted by Crippen LogP contribution is -2.33. The number of fused-ring (bicyclic) bond motifs is 6. The van der Waals surface area contributed by atoms with E-state index in [4.69, 9.17) is 14.4 Å². The smallest absolute Gasteiger partial charge is 0.159 e. The molecular weight excluding hydrogens is 685 g/mol. The zero-order valence-electron chi connectivity index (χ0n) is 30.3. The van der Waals surface area contributed by atoms with Crippen molar-refractivity contribution in [3.05, 3.63) is 211 Å². The van der Waals surface area contributed by atoms with Crippen molar-refractivity contribution in [1.82, 2.24) is 9.88 Å². The molecule has 8 aromatic carbocycles. The van der Waals surface area contributed by atoms with Crippen molar-refractivity contribution in [2.75, 3.05) is 0 Å². The summed E-state index contributed by atoms with van der Waals surface area (Å²) in [6.45, 7) is 0. The Morgan fingerprint density at radius 1 is 0.446 bits per heavy atom. The number of rotatable bonds is 6. The SMILES string of the molecule is c1ccc(C2=NC(c3cccc(-c4ccccc4)c3)NC(c3ccc4c(c3)oc3cccc(-n5c6ccccc6c6ccc(-c7ccccc7)cc65)c34)=N2)cc1. The molecule has 1 atom stereocenters. The van der Waals surface area contributed by atoms with Crippen LogP contribution in [-0.2, 0) is 0 Å². The van der Waals surface area contributed by atoms with Crippen LogP contribution < -0.4 is 5.32 Å². The third-order valence-electron chi connectivity index (χ3n) is 10.9. The number of hydrogen-bond acceptors (Lipinski definition) is 4. The van der Waals surface area contributed by atoms with E-state index in [0.29, 0.717) is 5.84 Å². The van der Waals surface area contributed by atoms with Gasteiger partial charge in [-0.3, -0.25) is 0 Å². The Bertz CT molecular complexity index is 3160. The number of benzene rings is 8. The molecule has 1 N–H and O–H groups in total. The zero-order valence-corrected chi connectivity index (χ0v) is 30.3. The monoisotopic (exact) mass is 718 g/mol. The molecule has 5 heteroatoms. The highest BCUT2D eigenvalue weighted by Crippen LogP contribution is 2.40. The molecule has 56 heavy (non-hydrogen) atoms. The van der Waals surface area contributed by atoms with E-state index in [-0.39, 0.29) is 6.17 Å². The number of aromatic nitrogens is 1. The number of hydrogen-bond donors (Lipinski definition) is 1. The summed E-state index contributed by atoms with van der Waals surface area (Å²) in [5, 5.41) is 8.22. The molecule has 0 saturated carbocycles. The van der Waals surface area contributed by atoms with E-state index in [1.165, 1.54) is 27.5 Å². The van der Waals surface area contributed by atoms with Gasteiger partial charge in [0.15, 0.2) is 5.84 Å². The molecule has 0 spiro atoms. The summed E-state index contributed by atoms with van der Waals surface area (Å²) in [4.78, 5) is 10.2. The molecular formula is C51H34N4O. The lowest BCUT2D eigenvalue weighted by molar-refractivity contribution is 0.666. The van der Waals surface area contributed by atoms with E-state index in [2.05, 4.69) is 180 Å². The first kappa shape index (κ1) is 32.0. The van der Waals surface area contributed by atoms with Crippen molar-refractivity contribution in [2.45, 2.75) is 6.17 Å². The molecule has 1 unspecified atom stereocenters. The molecule has 5 nitrogen and oxygen atoms in total. The lowest BCUT2D eigenvalue weighted by atomic mass is 10.0. The van der Waals surface area contributed by atoms with Crippen molar-refractivity contribution in [2.24, 2.45) is 9.98 Å².